The lowest BCUT2D eigenvalue weighted by Gasteiger charge is -2.02. The van der Waals surface area contributed by atoms with Crippen LogP contribution in [0.25, 0.3) is 11.3 Å². The second-order valence-corrected chi connectivity index (χ2v) is 7.22. The third-order valence-electron chi connectivity index (χ3n) is 4.34. The zero-order valence-corrected chi connectivity index (χ0v) is 16.2. The molecular weight excluding hydrogens is 346 g/mol. The van der Waals surface area contributed by atoms with Gasteiger partial charge in [0.15, 0.2) is 5.13 Å². The van der Waals surface area contributed by atoms with Crippen LogP contribution in [0.3, 0.4) is 0 Å². The van der Waals surface area contributed by atoms with E-state index in [-0.39, 0.29) is 12.3 Å². The molecule has 0 saturated carbocycles. The lowest BCUT2D eigenvalue weighted by atomic mass is 10.1. The van der Waals surface area contributed by atoms with Crippen molar-refractivity contribution in [1.82, 2.24) is 10.1 Å². The number of anilines is 1. The average molecular weight is 369 g/mol. The van der Waals surface area contributed by atoms with Gasteiger partial charge in [-0.3, -0.25) is 4.79 Å². The maximum absolute atomic E-state index is 12.3. The molecule has 0 aliphatic rings. The van der Waals surface area contributed by atoms with Gasteiger partial charge in [-0.1, -0.05) is 42.8 Å². The van der Waals surface area contributed by atoms with Crippen molar-refractivity contribution in [2.24, 2.45) is 0 Å². The highest BCUT2D eigenvalue weighted by Crippen LogP contribution is 2.26. The molecule has 0 atom stereocenters. The SMILES string of the molecule is CCCCc1ccc(-c2csc(NC(=O)Cc3c(C)noc3C)n2)cc1. The van der Waals surface area contributed by atoms with Crippen LogP contribution < -0.4 is 5.32 Å². The fourth-order valence-corrected chi connectivity index (χ4v) is 3.50. The number of benzene rings is 1. The maximum Gasteiger partial charge on any atom is 0.230 e. The summed E-state index contributed by atoms with van der Waals surface area (Å²) in [5.74, 6) is 0.566. The Morgan fingerprint density at radius 3 is 2.65 bits per heavy atom. The Labute approximate surface area is 157 Å². The quantitative estimate of drug-likeness (QED) is 0.640. The number of nitrogens with zero attached hydrogens (tertiary/aromatic N) is 2. The van der Waals surface area contributed by atoms with Crippen LogP contribution in [0.5, 0.6) is 0 Å². The molecule has 0 saturated heterocycles. The first-order valence-corrected chi connectivity index (χ1v) is 9.71. The van der Waals surface area contributed by atoms with Crippen LogP contribution in [0.1, 0.15) is 42.3 Å². The lowest BCUT2D eigenvalue weighted by molar-refractivity contribution is -0.115. The first-order valence-electron chi connectivity index (χ1n) is 8.83. The minimum Gasteiger partial charge on any atom is -0.361 e. The number of aryl methyl sites for hydroxylation is 3. The molecule has 0 fully saturated rings. The van der Waals surface area contributed by atoms with Gasteiger partial charge in [0, 0.05) is 16.5 Å². The van der Waals surface area contributed by atoms with Crippen LogP contribution >= 0.6 is 11.3 Å². The normalized spacial score (nSPS) is 10.9. The highest BCUT2D eigenvalue weighted by molar-refractivity contribution is 7.14. The van der Waals surface area contributed by atoms with Gasteiger partial charge in [0.1, 0.15) is 5.76 Å². The maximum atomic E-state index is 12.3. The molecule has 2 aromatic heterocycles. The van der Waals surface area contributed by atoms with Crippen LogP contribution in [0.15, 0.2) is 34.2 Å². The number of carbonyl (C=O) groups is 1. The molecule has 1 N–H and O–H groups in total. The van der Waals surface area contributed by atoms with Crippen LogP contribution in [0.2, 0.25) is 0 Å². The number of amides is 1. The number of unbranched alkanes of at least 4 members (excludes halogenated alkanes) is 1. The highest BCUT2D eigenvalue weighted by Gasteiger charge is 2.15. The molecule has 3 rings (SSSR count). The summed E-state index contributed by atoms with van der Waals surface area (Å²) in [6.07, 6.45) is 3.75. The van der Waals surface area contributed by atoms with Crippen molar-refractivity contribution < 1.29 is 9.32 Å². The molecule has 6 heteroatoms. The zero-order chi connectivity index (χ0) is 18.5. The molecule has 0 bridgehead atoms. The van der Waals surface area contributed by atoms with E-state index in [4.69, 9.17) is 4.52 Å². The minimum atomic E-state index is -0.116. The van der Waals surface area contributed by atoms with E-state index in [0.29, 0.717) is 10.9 Å². The van der Waals surface area contributed by atoms with Gasteiger partial charge in [0.05, 0.1) is 17.8 Å². The molecule has 136 valence electrons. The van der Waals surface area contributed by atoms with Crippen LogP contribution in [-0.2, 0) is 17.6 Å². The molecule has 1 amide bonds. The monoisotopic (exact) mass is 369 g/mol. The molecule has 0 aliphatic carbocycles. The van der Waals surface area contributed by atoms with Crippen LogP contribution in [0, 0.1) is 13.8 Å². The van der Waals surface area contributed by atoms with Gasteiger partial charge in [0.25, 0.3) is 0 Å². The molecule has 3 aromatic rings. The van der Waals surface area contributed by atoms with Crippen molar-refractivity contribution in [3.05, 3.63) is 52.2 Å². The van der Waals surface area contributed by atoms with Gasteiger partial charge in [0.2, 0.25) is 5.91 Å². The van der Waals surface area contributed by atoms with Gasteiger partial charge in [-0.25, -0.2) is 4.98 Å². The van der Waals surface area contributed by atoms with Crippen molar-refractivity contribution in [3.8, 4) is 11.3 Å². The van der Waals surface area contributed by atoms with Crippen molar-refractivity contribution in [2.45, 2.75) is 46.5 Å². The van der Waals surface area contributed by atoms with E-state index in [9.17, 15) is 4.79 Å². The molecule has 0 aliphatic heterocycles. The summed E-state index contributed by atoms with van der Waals surface area (Å²) in [4.78, 5) is 16.8. The number of aromatic nitrogens is 2. The van der Waals surface area contributed by atoms with E-state index in [1.807, 2.05) is 19.2 Å². The number of rotatable bonds is 7. The Balaban J connectivity index is 1.63. The predicted molar refractivity (Wildman–Crippen MR) is 104 cm³/mol. The fourth-order valence-electron chi connectivity index (χ4n) is 2.77. The van der Waals surface area contributed by atoms with E-state index < -0.39 is 0 Å². The van der Waals surface area contributed by atoms with Crippen molar-refractivity contribution in [1.29, 1.82) is 0 Å². The summed E-state index contributed by atoms with van der Waals surface area (Å²) in [5, 5.41) is 9.31. The van der Waals surface area contributed by atoms with Gasteiger partial charge >= 0.3 is 0 Å². The second-order valence-electron chi connectivity index (χ2n) is 6.37. The highest BCUT2D eigenvalue weighted by atomic mass is 32.1. The standard InChI is InChI=1S/C20H23N3O2S/c1-4-5-6-15-7-9-16(10-8-15)18-12-26-20(21-18)22-19(24)11-17-13(2)23-25-14(17)3/h7-10,12H,4-6,11H2,1-3H3,(H,21,22,24). The Bertz CT molecular complexity index is 861. The minimum absolute atomic E-state index is 0.116. The summed E-state index contributed by atoms with van der Waals surface area (Å²) in [5.41, 5.74) is 4.87. The van der Waals surface area contributed by atoms with E-state index in [1.165, 1.54) is 29.7 Å². The van der Waals surface area contributed by atoms with E-state index in [1.54, 1.807) is 0 Å². The Morgan fingerprint density at radius 1 is 1.23 bits per heavy atom. The molecule has 0 radical (unpaired) electrons. The smallest absolute Gasteiger partial charge is 0.230 e. The number of thiazole rings is 1. The predicted octanol–water partition coefficient (Wildman–Crippen LogP) is 4.94. The summed E-state index contributed by atoms with van der Waals surface area (Å²) < 4.78 is 5.10. The third kappa shape index (κ3) is 4.38. The topological polar surface area (TPSA) is 68.0 Å². The van der Waals surface area contributed by atoms with Gasteiger partial charge in [-0.2, -0.15) is 0 Å². The first-order chi connectivity index (χ1) is 12.6. The largest absolute Gasteiger partial charge is 0.361 e. The van der Waals surface area contributed by atoms with Gasteiger partial charge < -0.3 is 9.84 Å². The number of hydrogen-bond donors (Lipinski definition) is 1. The summed E-state index contributed by atoms with van der Waals surface area (Å²) >= 11 is 1.43. The van der Waals surface area contributed by atoms with E-state index in [2.05, 4.69) is 46.6 Å². The molecule has 5 nitrogen and oxygen atoms in total. The molecule has 26 heavy (non-hydrogen) atoms. The van der Waals surface area contributed by atoms with Crippen molar-refractivity contribution in [3.63, 3.8) is 0 Å². The zero-order valence-electron chi connectivity index (χ0n) is 15.3. The van der Waals surface area contributed by atoms with Crippen molar-refractivity contribution >= 4 is 22.4 Å². The average Bonchev–Trinajstić information content (AvgIpc) is 3.22. The molecule has 0 spiro atoms. The fraction of sp³-hybridized carbons (Fsp3) is 0.350. The Morgan fingerprint density at radius 2 is 2.00 bits per heavy atom. The van der Waals surface area contributed by atoms with Crippen molar-refractivity contribution in [2.75, 3.05) is 5.32 Å². The molecule has 2 heterocycles. The Hall–Kier alpha value is -2.47. The molecular formula is C20H23N3O2S. The van der Waals surface area contributed by atoms with E-state index in [0.717, 1.165) is 28.9 Å². The summed E-state index contributed by atoms with van der Waals surface area (Å²) in [7, 11) is 0. The lowest BCUT2D eigenvalue weighted by Crippen LogP contribution is -2.15. The third-order valence-corrected chi connectivity index (χ3v) is 5.10. The van der Waals surface area contributed by atoms with Crippen LogP contribution in [0.4, 0.5) is 5.13 Å². The first kappa shape index (κ1) is 18.3. The second kappa shape index (κ2) is 8.27. The number of carbonyl (C=O) groups excluding carboxylic acids is 1. The van der Waals surface area contributed by atoms with Crippen LogP contribution in [-0.4, -0.2) is 16.0 Å². The molecule has 0 unspecified atom stereocenters. The van der Waals surface area contributed by atoms with E-state index >= 15 is 0 Å². The van der Waals surface area contributed by atoms with Gasteiger partial charge in [-0.05, 0) is 32.3 Å². The molecule has 1 aromatic carbocycles. The van der Waals surface area contributed by atoms with Gasteiger partial charge in [-0.15, -0.1) is 11.3 Å². The Kier molecular flexibility index (Phi) is 5.83. The summed E-state index contributed by atoms with van der Waals surface area (Å²) in [6.45, 7) is 5.85. The summed E-state index contributed by atoms with van der Waals surface area (Å²) in [6, 6.07) is 8.49. The number of hydrogen-bond acceptors (Lipinski definition) is 5. The number of nitrogens with one attached hydrogen (secondary N) is 1.